The Morgan fingerprint density at radius 2 is 2.12 bits per heavy atom. The molecule has 92 valence electrons. The van der Waals surface area contributed by atoms with Gasteiger partial charge in [-0.2, -0.15) is 0 Å². The van der Waals surface area contributed by atoms with Crippen molar-refractivity contribution in [3.8, 4) is 11.5 Å². The van der Waals surface area contributed by atoms with Gasteiger partial charge in [-0.05, 0) is 24.5 Å². The molecule has 1 saturated carbocycles. The van der Waals surface area contributed by atoms with Crippen LogP contribution in [0.1, 0.15) is 24.8 Å². The van der Waals surface area contributed by atoms with Gasteiger partial charge in [-0.25, -0.2) is 0 Å². The zero-order chi connectivity index (χ0) is 12.6. The van der Waals surface area contributed by atoms with Crippen LogP contribution in [0.5, 0.6) is 11.5 Å². The van der Waals surface area contributed by atoms with Gasteiger partial charge >= 0.3 is 5.97 Å². The highest BCUT2D eigenvalue weighted by molar-refractivity contribution is 6.32. The lowest BCUT2D eigenvalue weighted by molar-refractivity contribution is -0.147. The molecule has 2 N–H and O–H groups in total. The van der Waals surface area contributed by atoms with Crippen molar-refractivity contribution in [1.82, 2.24) is 0 Å². The van der Waals surface area contributed by atoms with Crippen molar-refractivity contribution in [2.45, 2.75) is 24.7 Å². The highest BCUT2D eigenvalue weighted by atomic mass is 35.5. The molecule has 1 fully saturated rings. The van der Waals surface area contributed by atoms with Crippen molar-refractivity contribution in [2.75, 3.05) is 7.11 Å². The third kappa shape index (κ3) is 1.72. The second-order valence-corrected chi connectivity index (χ2v) is 4.65. The smallest absolute Gasteiger partial charge is 0.314 e. The van der Waals surface area contributed by atoms with Crippen LogP contribution in [0.15, 0.2) is 12.1 Å². The van der Waals surface area contributed by atoms with Crippen LogP contribution in [-0.2, 0) is 10.2 Å². The van der Waals surface area contributed by atoms with Gasteiger partial charge in [0.25, 0.3) is 0 Å². The lowest BCUT2D eigenvalue weighted by atomic mass is 9.64. The average molecular weight is 257 g/mol. The van der Waals surface area contributed by atoms with E-state index in [2.05, 4.69) is 0 Å². The molecule has 0 amide bonds. The minimum absolute atomic E-state index is 0.0839. The monoisotopic (exact) mass is 256 g/mol. The molecule has 0 radical (unpaired) electrons. The molecular formula is C12H13ClO4. The summed E-state index contributed by atoms with van der Waals surface area (Å²) in [5.74, 6) is -0.728. The van der Waals surface area contributed by atoms with Crippen LogP contribution in [0.4, 0.5) is 0 Å². The number of carboxylic acids is 1. The molecule has 1 aliphatic rings. The fourth-order valence-corrected chi connectivity index (χ4v) is 2.54. The minimum atomic E-state index is -0.944. The fourth-order valence-electron chi connectivity index (χ4n) is 2.20. The summed E-state index contributed by atoms with van der Waals surface area (Å²) < 4.78 is 4.92. The number of phenols is 1. The molecule has 0 bridgehead atoms. The van der Waals surface area contributed by atoms with Crippen molar-refractivity contribution < 1.29 is 19.7 Å². The van der Waals surface area contributed by atoms with Crippen molar-refractivity contribution in [3.63, 3.8) is 0 Å². The van der Waals surface area contributed by atoms with E-state index in [-0.39, 0.29) is 11.5 Å². The average Bonchev–Trinajstić information content (AvgIpc) is 2.20. The number of phenolic OH excluding ortho intramolecular Hbond substituents is 1. The molecule has 1 aromatic carbocycles. The van der Waals surface area contributed by atoms with Gasteiger partial charge in [0.05, 0.1) is 12.5 Å². The molecule has 17 heavy (non-hydrogen) atoms. The number of carboxylic acid groups (broad SMARTS) is 1. The van der Waals surface area contributed by atoms with E-state index in [0.717, 1.165) is 6.42 Å². The van der Waals surface area contributed by atoms with Gasteiger partial charge in [0.15, 0.2) is 11.5 Å². The Balaban J connectivity index is 2.52. The first-order chi connectivity index (χ1) is 8.01. The van der Waals surface area contributed by atoms with E-state index in [1.165, 1.54) is 19.2 Å². The number of aromatic hydroxyl groups is 1. The topological polar surface area (TPSA) is 66.8 Å². The lowest BCUT2D eigenvalue weighted by Crippen LogP contribution is -2.42. The van der Waals surface area contributed by atoms with Crippen molar-refractivity contribution in [3.05, 3.63) is 22.7 Å². The molecule has 0 atom stereocenters. The first-order valence-electron chi connectivity index (χ1n) is 5.31. The summed E-state index contributed by atoms with van der Waals surface area (Å²) in [4.78, 5) is 11.4. The minimum Gasteiger partial charge on any atom is -0.504 e. The highest BCUT2D eigenvalue weighted by Crippen LogP contribution is 2.48. The van der Waals surface area contributed by atoms with Gasteiger partial charge in [-0.1, -0.05) is 18.0 Å². The van der Waals surface area contributed by atoms with E-state index < -0.39 is 11.4 Å². The Morgan fingerprint density at radius 3 is 2.53 bits per heavy atom. The van der Waals surface area contributed by atoms with Crippen LogP contribution >= 0.6 is 11.6 Å². The Kier molecular flexibility index (Phi) is 2.91. The Bertz CT molecular complexity index is 466. The largest absolute Gasteiger partial charge is 0.504 e. The number of methoxy groups -OCH3 is 1. The number of benzene rings is 1. The summed E-state index contributed by atoms with van der Waals surface area (Å²) in [5, 5.41) is 19.3. The number of halogens is 1. The molecular weight excluding hydrogens is 244 g/mol. The number of hydrogen-bond acceptors (Lipinski definition) is 3. The van der Waals surface area contributed by atoms with Crippen LogP contribution < -0.4 is 4.74 Å². The first-order valence-corrected chi connectivity index (χ1v) is 5.69. The van der Waals surface area contributed by atoms with Crippen LogP contribution in [0.2, 0.25) is 5.02 Å². The fraction of sp³-hybridized carbons (Fsp3) is 0.417. The number of aliphatic carboxylic acids is 1. The standard InChI is InChI=1S/C12H13ClO4/c1-17-10-6-8(13)7(5-9(10)14)12(11(15)16)3-2-4-12/h5-6,14H,2-4H2,1H3,(H,15,16). The Morgan fingerprint density at radius 1 is 1.47 bits per heavy atom. The molecule has 5 heteroatoms. The second kappa shape index (κ2) is 4.11. The van der Waals surface area contributed by atoms with Gasteiger partial charge in [0.2, 0.25) is 0 Å². The number of carbonyl (C=O) groups is 1. The van der Waals surface area contributed by atoms with Crippen molar-refractivity contribution >= 4 is 17.6 Å². The Hall–Kier alpha value is -1.42. The molecule has 0 unspecified atom stereocenters. The maximum Gasteiger partial charge on any atom is 0.314 e. The Labute approximate surface area is 104 Å². The van der Waals surface area contributed by atoms with E-state index in [9.17, 15) is 15.0 Å². The predicted octanol–water partition coefficient (Wildman–Crippen LogP) is 2.56. The molecule has 1 aromatic rings. The van der Waals surface area contributed by atoms with E-state index >= 15 is 0 Å². The summed E-state index contributed by atoms with van der Waals surface area (Å²) in [6, 6.07) is 2.85. The summed E-state index contributed by atoms with van der Waals surface area (Å²) in [5.41, 5.74) is -0.475. The first kappa shape index (κ1) is 12.0. The summed E-state index contributed by atoms with van der Waals surface area (Å²) in [7, 11) is 1.42. The second-order valence-electron chi connectivity index (χ2n) is 4.24. The van der Waals surface area contributed by atoms with E-state index in [4.69, 9.17) is 16.3 Å². The zero-order valence-electron chi connectivity index (χ0n) is 9.36. The van der Waals surface area contributed by atoms with E-state index in [1.54, 1.807) is 0 Å². The van der Waals surface area contributed by atoms with Gasteiger partial charge in [0, 0.05) is 11.1 Å². The van der Waals surface area contributed by atoms with Gasteiger partial charge in [0.1, 0.15) is 0 Å². The number of hydrogen-bond donors (Lipinski definition) is 2. The molecule has 0 aliphatic heterocycles. The number of rotatable bonds is 3. The van der Waals surface area contributed by atoms with Gasteiger partial charge < -0.3 is 14.9 Å². The van der Waals surface area contributed by atoms with E-state index in [0.29, 0.717) is 23.4 Å². The molecule has 1 aliphatic carbocycles. The van der Waals surface area contributed by atoms with Crippen LogP contribution in [-0.4, -0.2) is 23.3 Å². The molecule has 0 heterocycles. The predicted molar refractivity (Wildman–Crippen MR) is 62.8 cm³/mol. The summed E-state index contributed by atoms with van der Waals surface area (Å²) in [6.07, 6.45) is 1.96. The van der Waals surface area contributed by atoms with Crippen LogP contribution in [0.25, 0.3) is 0 Å². The van der Waals surface area contributed by atoms with Crippen LogP contribution in [0.3, 0.4) is 0 Å². The summed E-state index contributed by atoms with van der Waals surface area (Å²) >= 11 is 6.07. The third-order valence-corrected chi connectivity index (χ3v) is 3.71. The van der Waals surface area contributed by atoms with Crippen molar-refractivity contribution in [2.24, 2.45) is 0 Å². The zero-order valence-corrected chi connectivity index (χ0v) is 10.1. The maximum absolute atomic E-state index is 11.4. The van der Waals surface area contributed by atoms with Crippen LogP contribution in [0, 0.1) is 0 Å². The molecule has 2 rings (SSSR count). The molecule has 4 nitrogen and oxygen atoms in total. The molecule has 0 saturated heterocycles. The van der Waals surface area contributed by atoms with Crippen molar-refractivity contribution in [1.29, 1.82) is 0 Å². The maximum atomic E-state index is 11.4. The lowest BCUT2D eigenvalue weighted by Gasteiger charge is -2.38. The molecule has 0 aromatic heterocycles. The third-order valence-electron chi connectivity index (χ3n) is 3.40. The normalized spacial score (nSPS) is 17.3. The highest BCUT2D eigenvalue weighted by Gasteiger charge is 2.47. The number of ether oxygens (including phenoxy) is 1. The quantitative estimate of drug-likeness (QED) is 0.872. The summed E-state index contributed by atoms with van der Waals surface area (Å²) in [6.45, 7) is 0. The van der Waals surface area contributed by atoms with E-state index in [1.807, 2.05) is 0 Å². The SMILES string of the molecule is COc1cc(Cl)c(C2(C(=O)O)CCC2)cc1O. The van der Waals surface area contributed by atoms with Gasteiger partial charge in [-0.3, -0.25) is 4.79 Å². The molecule has 0 spiro atoms. The van der Waals surface area contributed by atoms with Gasteiger partial charge in [-0.15, -0.1) is 0 Å².